The summed E-state index contributed by atoms with van der Waals surface area (Å²) >= 11 is 0. The van der Waals surface area contributed by atoms with E-state index in [0.29, 0.717) is 5.92 Å². The van der Waals surface area contributed by atoms with Crippen LogP contribution in [0.4, 0.5) is 0 Å². The topological polar surface area (TPSA) is 12.0 Å². The third-order valence-electron chi connectivity index (χ3n) is 3.45. The van der Waals surface area contributed by atoms with Gasteiger partial charge in [-0.05, 0) is 29.0 Å². The van der Waals surface area contributed by atoms with Crippen molar-refractivity contribution >= 4 is 6.08 Å². The van der Waals surface area contributed by atoms with Gasteiger partial charge in [-0.25, -0.2) is 0 Å². The Kier molecular flexibility index (Phi) is 5.81. The second kappa shape index (κ2) is 6.91. The van der Waals surface area contributed by atoms with Crippen LogP contribution in [0.5, 0.6) is 0 Å². The molecule has 0 aliphatic carbocycles. The zero-order chi connectivity index (χ0) is 14.5. The van der Waals surface area contributed by atoms with E-state index in [1.54, 1.807) is 0 Å². The van der Waals surface area contributed by atoms with Gasteiger partial charge in [0, 0.05) is 6.54 Å². The lowest BCUT2D eigenvalue weighted by Gasteiger charge is -2.19. The number of rotatable bonds is 5. The molecule has 0 radical (unpaired) electrons. The highest BCUT2D eigenvalue weighted by Gasteiger charge is 2.12. The van der Waals surface area contributed by atoms with Crippen molar-refractivity contribution < 1.29 is 0 Å². The minimum atomic E-state index is 0.229. The maximum atomic E-state index is 3.42. The van der Waals surface area contributed by atoms with Crippen molar-refractivity contribution in [1.29, 1.82) is 0 Å². The summed E-state index contributed by atoms with van der Waals surface area (Å²) < 4.78 is 0. The van der Waals surface area contributed by atoms with E-state index in [0.717, 1.165) is 13.1 Å². The highest BCUT2D eigenvalue weighted by Crippen LogP contribution is 2.23. The summed E-state index contributed by atoms with van der Waals surface area (Å²) in [6, 6.07) is 8.96. The first-order valence-corrected chi connectivity index (χ1v) is 7.36. The molecule has 106 valence electrons. The lowest BCUT2D eigenvalue weighted by atomic mass is 9.86. The van der Waals surface area contributed by atoms with Crippen LogP contribution in [0.15, 0.2) is 29.8 Å². The molecule has 0 heterocycles. The van der Waals surface area contributed by atoms with Crippen LogP contribution in [-0.4, -0.2) is 13.1 Å². The van der Waals surface area contributed by atoms with E-state index in [9.17, 15) is 0 Å². The van der Waals surface area contributed by atoms with Gasteiger partial charge in [-0.15, -0.1) is 0 Å². The van der Waals surface area contributed by atoms with Crippen LogP contribution in [0, 0.1) is 5.92 Å². The molecule has 0 saturated carbocycles. The van der Waals surface area contributed by atoms with Gasteiger partial charge in [-0.3, -0.25) is 0 Å². The van der Waals surface area contributed by atoms with Crippen LogP contribution in [0.2, 0.25) is 0 Å². The molecule has 1 N–H and O–H groups in total. The van der Waals surface area contributed by atoms with Crippen molar-refractivity contribution in [3.8, 4) is 0 Å². The molecule has 1 heteroatoms. The molecule has 1 aromatic rings. The lowest BCUT2D eigenvalue weighted by molar-refractivity contribution is 0.590. The minimum absolute atomic E-state index is 0.229. The third-order valence-corrected chi connectivity index (χ3v) is 3.45. The normalized spacial score (nSPS) is 13.1. The third kappa shape index (κ3) is 5.20. The Hall–Kier alpha value is -1.08. The molecule has 0 aliphatic heterocycles. The lowest BCUT2D eigenvalue weighted by Crippen LogP contribution is -2.18. The van der Waals surface area contributed by atoms with Gasteiger partial charge in [-0.2, -0.15) is 0 Å². The van der Waals surface area contributed by atoms with Crippen molar-refractivity contribution in [3.05, 3.63) is 41.0 Å². The van der Waals surface area contributed by atoms with Crippen LogP contribution in [0.1, 0.15) is 52.7 Å². The van der Waals surface area contributed by atoms with Crippen molar-refractivity contribution in [2.75, 3.05) is 13.1 Å². The average molecular weight is 259 g/mol. The van der Waals surface area contributed by atoms with Gasteiger partial charge in [0.05, 0.1) is 0 Å². The quantitative estimate of drug-likeness (QED) is 0.812. The molecular weight excluding hydrogens is 230 g/mol. The molecule has 0 amide bonds. The second-order valence-electron chi connectivity index (χ2n) is 6.53. The second-order valence-corrected chi connectivity index (χ2v) is 6.53. The van der Waals surface area contributed by atoms with Gasteiger partial charge in [0.2, 0.25) is 0 Å². The van der Waals surface area contributed by atoms with Crippen LogP contribution >= 0.6 is 0 Å². The molecule has 0 unspecified atom stereocenters. The maximum absolute atomic E-state index is 3.42. The van der Waals surface area contributed by atoms with Gasteiger partial charge in [-0.1, -0.05) is 77.5 Å². The Bertz CT molecular complexity index is 404. The Morgan fingerprint density at radius 3 is 2.16 bits per heavy atom. The van der Waals surface area contributed by atoms with E-state index in [2.05, 4.69) is 77.2 Å². The minimum Gasteiger partial charge on any atom is -0.313 e. The average Bonchev–Trinajstić information content (AvgIpc) is 2.33. The van der Waals surface area contributed by atoms with Crippen LogP contribution in [0.3, 0.4) is 0 Å². The summed E-state index contributed by atoms with van der Waals surface area (Å²) in [5.41, 5.74) is 4.38. The van der Waals surface area contributed by atoms with E-state index in [1.165, 1.54) is 16.7 Å². The van der Waals surface area contributed by atoms with Crippen LogP contribution < -0.4 is 5.32 Å². The first kappa shape index (κ1) is 16.0. The summed E-state index contributed by atoms with van der Waals surface area (Å²) in [4.78, 5) is 0. The SMILES string of the molecule is CCNCC(=Cc1ccc(C(C)(C)C)cc1)C(C)C. The van der Waals surface area contributed by atoms with Gasteiger partial charge < -0.3 is 5.32 Å². The molecule has 0 atom stereocenters. The van der Waals surface area contributed by atoms with E-state index in [1.807, 2.05) is 0 Å². The summed E-state index contributed by atoms with van der Waals surface area (Å²) in [6.45, 7) is 15.4. The van der Waals surface area contributed by atoms with Gasteiger partial charge >= 0.3 is 0 Å². The van der Waals surface area contributed by atoms with Gasteiger partial charge in [0.25, 0.3) is 0 Å². The maximum Gasteiger partial charge on any atom is 0.0170 e. The molecule has 1 aromatic carbocycles. The number of benzene rings is 1. The molecule has 1 nitrogen and oxygen atoms in total. The first-order chi connectivity index (χ1) is 8.84. The summed E-state index contributed by atoms with van der Waals surface area (Å²) in [6.07, 6.45) is 2.32. The molecular formula is C18H29N. The van der Waals surface area contributed by atoms with E-state index in [4.69, 9.17) is 0 Å². The highest BCUT2D eigenvalue weighted by atomic mass is 14.8. The largest absolute Gasteiger partial charge is 0.313 e. The van der Waals surface area contributed by atoms with Crippen molar-refractivity contribution in [3.63, 3.8) is 0 Å². The highest BCUT2D eigenvalue weighted by molar-refractivity contribution is 5.54. The zero-order valence-electron chi connectivity index (χ0n) is 13.4. The Labute approximate surface area is 119 Å². The fraction of sp³-hybridized carbons (Fsp3) is 0.556. The fourth-order valence-corrected chi connectivity index (χ4v) is 1.98. The summed E-state index contributed by atoms with van der Waals surface area (Å²) in [7, 11) is 0. The first-order valence-electron chi connectivity index (χ1n) is 7.36. The van der Waals surface area contributed by atoms with E-state index >= 15 is 0 Å². The molecule has 0 spiro atoms. The fourth-order valence-electron chi connectivity index (χ4n) is 1.98. The Morgan fingerprint density at radius 2 is 1.74 bits per heavy atom. The molecule has 0 saturated heterocycles. The predicted molar refractivity (Wildman–Crippen MR) is 86.5 cm³/mol. The summed E-state index contributed by atoms with van der Waals surface area (Å²) in [5, 5.41) is 3.42. The summed E-state index contributed by atoms with van der Waals surface area (Å²) in [5.74, 6) is 0.585. The monoisotopic (exact) mass is 259 g/mol. The van der Waals surface area contributed by atoms with Crippen LogP contribution in [-0.2, 0) is 5.41 Å². The number of nitrogens with one attached hydrogen (secondary N) is 1. The van der Waals surface area contributed by atoms with E-state index in [-0.39, 0.29) is 5.41 Å². The molecule has 19 heavy (non-hydrogen) atoms. The van der Waals surface area contributed by atoms with Crippen molar-refractivity contribution in [1.82, 2.24) is 5.32 Å². The number of hydrogen-bond acceptors (Lipinski definition) is 1. The van der Waals surface area contributed by atoms with Crippen molar-refractivity contribution in [2.24, 2.45) is 5.92 Å². The van der Waals surface area contributed by atoms with Crippen molar-refractivity contribution in [2.45, 2.75) is 47.0 Å². The predicted octanol–water partition coefficient (Wildman–Crippen LogP) is 4.63. The standard InChI is InChI=1S/C18H29N/c1-7-19-13-16(14(2)3)12-15-8-10-17(11-9-15)18(4,5)6/h8-12,14,19H,7,13H2,1-6H3. The Morgan fingerprint density at radius 1 is 1.16 bits per heavy atom. The smallest absolute Gasteiger partial charge is 0.0170 e. The Balaban J connectivity index is 2.89. The zero-order valence-corrected chi connectivity index (χ0v) is 13.4. The molecule has 1 rings (SSSR count). The van der Waals surface area contributed by atoms with Crippen LogP contribution in [0.25, 0.3) is 6.08 Å². The molecule has 0 fully saturated rings. The molecule has 0 bridgehead atoms. The number of hydrogen-bond donors (Lipinski definition) is 1. The molecule has 0 aliphatic rings. The molecule has 0 aromatic heterocycles. The number of likely N-dealkylation sites (N-methyl/N-ethyl adjacent to an activating group) is 1. The van der Waals surface area contributed by atoms with E-state index < -0.39 is 0 Å². The van der Waals surface area contributed by atoms with Gasteiger partial charge in [0.1, 0.15) is 0 Å². The van der Waals surface area contributed by atoms with Gasteiger partial charge in [0.15, 0.2) is 0 Å².